The van der Waals surface area contributed by atoms with Gasteiger partial charge >= 0.3 is 6.18 Å². The minimum Gasteiger partial charge on any atom is -0.351 e. The summed E-state index contributed by atoms with van der Waals surface area (Å²) >= 11 is 0. The molecule has 1 fully saturated rings. The van der Waals surface area contributed by atoms with E-state index in [1.807, 2.05) is 0 Å². The molecule has 1 aliphatic rings. The Morgan fingerprint density at radius 1 is 1.18 bits per heavy atom. The molecule has 1 saturated carbocycles. The number of fused-ring (bicyclic) bond motifs is 1. The molecular weight excluding hydrogens is 229 g/mol. The van der Waals surface area contributed by atoms with Crippen LogP contribution in [0.1, 0.15) is 24.1 Å². The molecule has 1 heterocycles. The van der Waals surface area contributed by atoms with Gasteiger partial charge in [-0.15, -0.1) is 0 Å². The molecule has 0 unspecified atom stereocenters. The predicted octanol–water partition coefficient (Wildman–Crippen LogP) is 3.13. The highest BCUT2D eigenvalue weighted by atomic mass is 19.4. The van der Waals surface area contributed by atoms with E-state index in [0.29, 0.717) is 10.9 Å². The summed E-state index contributed by atoms with van der Waals surface area (Å²) in [5.74, 6) is 0. The van der Waals surface area contributed by atoms with Crippen molar-refractivity contribution in [3.05, 3.63) is 35.5 Å². The van der Waals surface area contributed by atoms with Crippen molar-refractivity contribution in [3.63, 3.8) is 0 Å². The summed E-state index contributed by atoms with van der Waals surface area (Å²) in [7, 11) is 0. The highest BCUT2D eigenvalue weighted by Crippen LogP contribution is 2.43. The number of nitrogens with one attached hydrogen (secondary N) is 1. The number of aromatic amines is 1. The first-order chi connectivity index (χ1) is 7.88. The molecule has 17 heavy (non-hydrogen) atoms. The van der Waals surface area contributed by atoms with Crippen LogP contribution in [0.15, 0.2) is 24.3 Å². The molecule has 0 saturated heterocycles. The maximum atomic E-state index is 12.5. The summed E-state index contributed by atoms with van der Waals surface area (Å²) in [6.07, 6.45) is -2.54. The van der Waals surface area contributed by atoms with Gasteiger partial charge in [-0.3, -0.25) is 0 Å². The van der Waals surface area contributed by atoms with E-state index in [9.17, 15) is 13.2 Å². The molecule has 3 rings (SSSR count). The number of alkyl halides is 3. The topological polar surface area (TPSA) is 41.8 Å². The van der Waals surface area contributed by atoms with Gasteiger partial charge in [-0.1, -0.05) is 6.07 Å². The summed E-state index contributed by atoms with van der Waals surface area (Å²) in [4.78, 5) is 2.37. The molecule has 90 valence electrons. The van der Waals surface area contributed by atoms with E-state index in [1.54, 1.807) is 18.2 Å². The Kier molecular flexibility index (Phi) is 1.91. The average Bonchev–Trinajstić information content (AvgIpc) is 2.85. The maximum Gasteiger partial charge on any atom is 0.431 e. The van der Waals surface area contributed by atoms with E-state index in [0.717, 1.165) is 24.5 Å². The fourth-order valence-electron chi connectivity index (χ4n) is 2.02. The second-order valence-electron chi connectivity index (χ2n) is 4.64. The van der Waals surface area contributed by atoms with Crippen molar-refractivity contribution in [1.82, 2.24) is 4.98 Å². The Hall–Kier alpha value is -1.49. The lowest BCUT2D eigenvalue weighted by Crippen LogP contribution is -2.18. The zero-order chi connectivity index (χ0) is 12.3. The number of halogens is 3. The Labute approximate surface area is 95.6 Å². The van der Waals surface area contributed by atoms with Crippen LogP contribution in [-0.2, 0) is 11.7 Å². The molecule has 0 atom stereocenters. The van der Waals surface area contributed by atoms with Gasteiger partial charge in [0.15, 0.2) is 0 Å². The van der Waals surface area contributed by atoms with Gasteiger partial charge in [0.25, 0.3) is 0 Å². The molecule has 0 amide bonds. The smallest absolute Gasteiger partial charge is 0.351 e. The number of rotatable bonds is 1. The molecule has 0 spiro atoms. The van der Waals surface area contributed by atoms with Crippen LogP contribution in [-0.4, -0.2) is 4.98 Å². The standard InChI is InChI=1S/C12H11F3N2/c13-12(14,15)10-6-7-5-8(11(16)3-4-11)1-2-9(7)17-10/h1-2,5-6,17H,3-4,16H2. The largest absolute Gasteiger partial charge is 0.431 e. The number of aromatic nitrogens is 1. The fourth-order valence-corrected chi connectivity index (χ4v) is 2.02. The van der Waals surface area contributed by atoms with Gasteiger partial charge in [-0.25, -0.2) is 0 Å². The lowest BCUT2D eigenvalue weighted by molar-refractivity contribution is -0.140. The fraction of sp³-hybridized carbons (Fsp3) is 0.333. The third kappa shape index (κ3) is 1.70. The first kappa shape index (κ1) is 10.7. The molecule has 0 radical (unpaired) electrons. The van der Waals surface area contributed by atoms with Crippen LogP contribution in [0.4, 0.5) is 13.2 Å². The van der Waals surface area contributed by atoms with E-state index in [1.165, 1.54) is 0 Å². The van der Waals surface area contributed by atoms with Crippen molar-refractivity contribution in [1.29, 1.82) is 0 Å². The summed E-state index contributed by atoms with van der Waals surface area (Å²) in [6, 6.07) is 6.33. The first-order valence-corrected chi connectivity index (χ1v) is 5.38. The quantitative estimate of drug-likeness (QED) is 0.790. The Morgan fingerprint density at radius 2 is 1.88 bits per heavy atom. The number of hydrogen-bond acceptors (Lipinski definition) is 1. The summed E-state index contributed by atoms with van der Waals surface area (Å²) < 4.78 is 37.6. The predicted molar refractivity (Wildman–Crippen MR) is 58.4 cm³/mol. The van der Waals surface area contributed by atoms with E-state index >= 15 is 0 Å². The zero-order valence-electron chi connectivity index (χ0n) is 8.93. The highest BCUT2D eigenvalue weighted by molar-refractivity contribution is 5.81. The van der Waals surface area contributed by atoms with E-state index in [-0.39, 0.29) is 5.54 Å². The van der Waals surface area contributed by atoms with Crippen molar-refractivity contribution >= 4 is 10.9 Å². The van der Waals surface area contributed by atoms with Gasteiger partial charge in [0.05, 0.1) is 0 Å². The van der Waals surface area contributed by atoms with Gasteiger partial charge in [0, 0.05) is 16.4 Å². The molecule has 1 aliphatic carbocycles. The summed E-state index contributed by atoms with van der Waals surface area (Å²) in [5, 5.41) is 0.562. The maximum absolute atomic E-state index is 12.5. The van der Waals surface area contributed by atoms with Crippen LogP contribution in [0, 0.1) is 0 Å². The number of benzene rings is 1. The van der Waals surface area contributed by atoms with Gasteiger partial charge < -0.3 is 10.7 Å². The van der Waals surface area contributed by atoms with Crippen molar-refractivity contribution < 1.29 is 13.2 Å². The second kappa shape index (κ2) is 3.04. The van der Waals surface area contributed by atoms with Gasteiger partial charge in [0.1, 0.15) is 5.69 Å². The van der Waals surface area contributed by atoms with Crippen LogP contribution in [0.25, 0.3) is 10.9 Å². The minimum atomic E-state index is -4.33. The monoisotopic (exact) mass is 240 g/mol. The zero-order valence-corrected chi connectivity index (χ0v) is 8.93. The van der Waals surface area contributed by atoms with Gasteiger partial charge in [-0.05, 0) is 36.6 Å². The number of hydrogen-bond donors (Lipinski definition) is 2. The molecule has 2 nitrogen and oxygen atoms in total. The Bertz CT molecular complexity index is 576. The van der Waals surface area contributed by atoms with E-state index in [2.05, 4.69) is 4.98 Å². The summed E-state index contributed by atoms with van der Waals surface area (Å²) in [6.45, 7) is 0. The molecule has 5 heteroatoms. The van der Waals surface area contributed by atoms with Gasteiger partial charge in [-0.2, -0.15) is 13.2 Å². The van der Waals surface area contributed by atoms with Crippen LogP contribution >= 0.6 is 0 Å². The Balaban J connectivity index is 2.11. The normalized spacial score (nSPS) is 18.6. The van der Waals surface area contributed by atoms with Crippen LogP contribution in [0.2, 0.25) is 0 Å². The number of H-pyrrole nitrogens is 1. The lowest BCUT2D eigenvalue weighted by Gasteiger charge is -2.08. The molecule has 3 N–H and O–H groups in total. The SMILES string of the molecule is NC1(c2ccc3[nH]c(C(F)(F)F)cc3c2)CC1. The molecule has 2 aromatic rings. The third-order valence-electron chi connectivity index (χ3n) is 3.29. The first-order valence-electron chi connectivity index (χ1n) is 5.38. The van der Waals surface area contributed by atoms with Crippen molar-refractivity contribution in [2.24, 2.45) is 5.73 Å². The molecule has 0 aliphatic heterocycles. The van der Waals surface area contributed by atoms with Crippen LogP contribution < -0.4 is 5.73 Å². The van der Waals surface area contributed by atoms with Crippen molar-refractivity contribution in [2.45, 2.75) is 24.6 Å². The van der Waals surface area contributed by atoms with Crippen LogP contribution in [0.3, 0.4) is 0 Å². The number of nitrogens with two attached hydrogens (primary N) is 1. The Morgan fingerprint density at radius 3 is 2.47 bits per heavy atom. The molecule has 1 aromatic carbocycles. The molecule has 1 aromatic heterocycles. The molecular formula is C12H11F3N2. The average molecular weight is 240 g/mol. The van der Waals surface area contributed by atoms with Crippen LogP contribution in [0.5, 0.6) is 0 Å². The highest BCUT2D eigenvalue weighted by Gasteiger charge is 2.40. The third-order valence-corrected chi connectivity index (χ3v) is 3.29. The second-order valence-corrected chi connectivity index (χ2v) is 4.64. The van der Waals surface area contributed by atoms with Gasteiger partial charge in [0.2, 0.25) is 0 Å². The minimum absolute atomic E-state index is 0.316. The van der Waals surface area contributed by atoms with E-state index < -0.39 is 11.9 Å². The summed E-state index contributed by atoms with van der Waals surface area (Å²) in [5.41, 5.74) is 6.39. The molecule has 0 bridgehead atoms. The van der Waals surface area contributed by atoms with E-state index in [4.69, 9.17) is 5.73 Å². The van der Waals surface area contributed by atoms with Crippen molar-refractivity contribution in [3.8, 4) is 0 Å². The lowest BCUT2D eigenvalue weighted by atomic mass is 10.0. The van der Waals surface area contributed by atoms with Crippen molar-refractivity contribution in [2.75, 3.05) is 0 Å².